The third-order valence-electron chi connectivity index (χ3n) is 2.17. The highest BCUT2D eigenvalue weighted by Gasteiger charge is 2.10. The largest absolute Gasteiger partial charge is 0.494 e. The number of benzene rings is 1. The van der Waals surface area contributed by atoms with Crippen LogP contribution in [0.4, 0.5) is 0 Å². The van der Waals surface area contributed by atoms with E-state index in [9.17, 15) is 14.1 Å². The number of H-pyrrole nitrogens is 1. The first-order valence-electron chi connectivity index (χ1n) is 4.67. The highest BCUT2D eigenvalue weighted by molar-refractivity contribution is 7.56. The van der Waals surface area contributed by atoms with Crippen molar-refractivity contribution < 1.29 is 9.32 Å². The Labute approximate surface area is 114 Å². The minimum Gasteiger partial charge on any atom is -0.494 e. The second-order valence-electron chi connectivity index (χ2n) is 3.29. The van der Waals surface area contributed by atoms with Gasteiger partial charge in [0.25, 0.3) is 5.56 Å². The quantitative estimate of drug-likeness (QED) is 0.790. The lowest BCUT2D eigenvalue weighted by atomic mass is 10.3. The molecule has 0 saturated heterocycles. The van der Waals surface area contributed by atoms with Crippen LogP contribution in [0.5, 0.6) is 5.88 Å². The van der Waals surface area contributed by atoms with Crippen molar-refractivity contribution in [2.45, 2.75) is 0 Å². The minimum atomic E-state index is -0.589. The summed E-state index contributed by atoms with van der Waals surface area (Å²) in [6, 6.07) is 5.64. The fourth-order valence-corrected chi connectivity index (χ4v) is 2.22. The Hall–Kier alpha value is -1.50. The zero-order chi connectivity index (χ0) is 13.3. The minimum absolute atomic E-state index is 0.0288. The van der Waals surface area contributed by atoms with Crippen molar-refractivity contribution in [3.8, 4) is 11.6 Å². The van der Waals surface area contributed by atoms with E-state index in [0.717, 1.165) is 10.6 Å². The molecule has 2 aromatic rings. The summed E-state index contributed by atoms with van der Waals surface area (Å²) in [4.78, 5) is 14.2. The molecule has 1 heterocycles. The SMILES string of the molecule is O=S=c1[nH]c(O)cc(=O)n1-c1cccc(Cl)c1Cl. The first-order valence-corrected chi connectivity index (χ1v) is 6.17. The first kappa shape index (κ1) is 12.9. The Morgan fingerprint density at radius 3 is 2.72 bits per heavy atom. The Balaban J connectivity index is 2.93. The normalized spacial score (nSPS) is 10.3. The molecule has 2 rings (SSSR count). The molecule has 0 unspecified atom stereocenters. The van der Waals surface area contributed by atoms with Gasteiger partial charge in [0.1, 0.15) is 11.3 Å². The van der Waals surface area contributed by atoms with Gasteiger partial charge >= 0.3 is 0 Å². The van der Waals surface area contributed by atoms with Gasteiger partial charge in [-0.3, -0.25) is 4.79 Å². The highest BCUT2D eigenvalue weighted by atomic mass is 35.5. The fourth-order valence-electron chi connectivity index (χ4n) is 1.43. The average molecular weight is 305 g/mol. The van der Waals surface area contributed by atoms with Crippen LogP contribution in [0.25, 0.3) is 5.69 Å². The number of aromatic hydroxyl groups is 1. The van der Waals surface area contributed by atoms with Crippen molar-refractivity contribution in [1.82, 2.24) is 9.55 Å². The summed E-state index contributed by atoms with van der Waals surface area (Å²) in [6.07, 6.45) is 0. The lowest BCUT2D eigenvalue weighted by Crippen LogP contribution is -2.19. The van der Waals surface area contributed by atoms with Crippen molar-refractivity contribution in [1.29, 1.82) is 0 Å². The smallest absolute Gasteiger partial charge is 0.262 e. The third kappa shape index (κ3) is 2.22. The van der Waals surface area contributed by atoms with Crippen LogP contribution >= 0.6 is 23.2 Å². The molecule has 2 N–H and O–H groups in total. The number of aromatic amines is 1. The molecule has 0 bridgehead atoms. The number of nitrogens with one attached hydrogen (secondary N) is 1. The number of nitrogens with zero attached hydrogens (tertiary/aromatic N) is 1. The van der Waals surface area contributed by atoms with E-state index in [0.29, 0.717) is 0 Å². The summed E-state index contributed by atoms with van der Waals surface area (Å²) >= 11 is 11.9. The highest BCUT2D eigenvalue weighted by Crippen LogP contribution is 2.27. The van der Waals surface area contributed by atoms with Crippen LogP contribution < -0.4 is 5.56 Å². The maximum absolute atomic E-state index is 11.8. The molecule has 0 aliphatic carbocycles. The van der Waals surface area contributed by atoms with Crippen molar-refractivity contribution in [2.24, 2.45) is 0 Å². The molecular weight excluding hydrogens is 299 g/mol. The van der Waals surface area contributed by atoms with Gasteiger partial charge in [0.15, 0.2) is 5.88 Å². The lowest BCUT2D eigenvalue weighted by Gasteiger charge is -2.08. The van der Waals surface area contributed by atoms with E-state index in [4.69, 9.17) is 23.2 Å². The van der Waals surface area contributed by atoms with E-state index in [1.807, 2.05) is 0 Å². The Morgan fingerprint density at radius 2 is 2.06 bits per heavy atom. The van der Waals surface area contributed by atoms with Gasteiger partial charge in [0, 0.05) is 0 Å². The van der Waals surface area contributed by atoms with Crippen molar-refractivity contribution >= 4 is 34.5 Å². The second-order valence-corrected chi connectivity index (χ2v) is 4.63. The molecule has 0 amide bonds. The van der Waals surface area contributed by atoms with Gasteiger partial charge in [0.2, 0.25) is 4.77 Å². The topological polar surface area (TPSA) is 75.1 Å². The van der Waals surface area contributed by atoms with Gasteiger partial charge in [-0.1, -0.05) is 29.3 Å². The molecule has 1 aromatic heterocycles. The molecule has 0 fully saturated rings. The lowest BCUT2D eigenvalue weighted by molar-refractivity contribution is 0.448. The summed E-state index contributed by atoms with van der Waals surface area (Å²) in [6.45, 7) is 0. The number of hydrogen-bond acceptors (Lipinski definition) is 3. The van der Waals surface area contributed by atoms with Gasteiger partial charge in [-0.05, 0) is 12.1 Å². The standard InChI is InChI=1S/C10H6Cl2N2O3S/c11-5-2-1-3-6(9(5)12)14-8(16)4-7(15)13-10(14)18-17/h1-4,13,15H. The molecule has 0 aliphatic heterocycles. The summed E-state index contributed by atoms with van der Waals surface area (Å²) in [5.74, 6) is -0.396. The van der Waals surface area contributed by atoms with E-state index in [2.05, 4.69) is 4.98 Å². The molecule has 0 radical (unpaired) electrons. The van der Waals surface area contributed by atoms with Gasteiger partial charge in [-0.25, -0.2) is 8.78 Å². The summed E-state index contributed by atoms with van der Waals surface area (Å²) in [7, 11) is 0. The molecule has 1 aromatic carbocycles. The monoisotopic (exact) mass is 304 g/mol. The van der Waals surface area contributed by atoms with Crippen LogP contribution in [0.1, 0.15) is 0 Å². The summed E-state index contributed by atoms with van der Waals surface area (Å²) in [5, 5.41) is 9.65. The first-order chi connectivity index (χ1) is 8.54. The number of hydrogen-bond donors (Lipinski definition) is 2. The van der Waals surface area contributed by atoms with E-state index in [1.165, 1.54) is 0 Å². The molecule has 94 valence electrons. The van der Waals surface area contributed by atoms with Gasteiger partial charge in [0.05, 0.1) is 21.8 Å². The van der Waals surface area contributed by atoms with Gasteiger partial charge in [-0.2, -0.15) is 0 Å². The summed E-state index contributed by atoms with van der Waals surface area (Å²) < 4.78 is 11.9. The second kappa shape index (κ2) is 5.01. The number of rotatable bonds is 1. The molecule has 0 aliphatic rings. The number of aromatic nitrogens is 2. The molecular formula is C10H6Cl2N2O3S. The predicted octanol–water partition coefficient (Wildman–Crippen LogP) is 1.92. The van der Waals surface area contributed by atoms with Crippen LogP contribution in [0.2, 0.25) is 10.0 Å². The molecule has 0 spiro atoms. The van der Waals surface area contributed by atoms with Crippen LogP contribution in [-0.4, -0.2) is 18.9 Å². The maximum atomic E-state index is 11.8. The summed E-state index contributed by atoms with van der Waals surface area (Å²) in [5.41, 5.74) is -0.322. The molecule has 5 nitrogen and oxygen atoms in total. The van der Waals surface area contributed by atoms with Crippen molar-refractivity contribution in [2.75, 3.05) is 0 Å². The van der Waals surface area contributed by atoms with Gasteiger partial charge < -0.3 is 10.1 Å². The van der Waals surface area contributed by atoms with Crippen LogP contribution in [0.3, 0.4) is 0 Å². The van der Waals surface area contributed by atoms with E-state index in [1.54, 1.807) is 18.2 Å². The van der Waals surface area contributed by atoms with Crippen LogP contribution in [0.15, 0.2) is 29.1 Å². The Morgan fingerprint density at radius 1 is 1.33 bits per heavy atom. The van der Waals surface area contributed by atoms with Crippen molar-refractivity contribution in [3.05, 3.63) is 49.4 Å². The van der Waals surface area contributed by atoms with E-state index < -0.39 is 11.4 Å². The van der Waals surface area contributed by atoms with E-state index in [-0.39, 0.29) is 31.8 Å². The van der Waals surface area contributed by atoms with Gasteiger partial charge in [-0.15, -0.1) is 0 Å². The zero-order valence-corrected chi connectivity index (χ0v) is 11.0. The Kier molecular flexibility index (Phi) is 3.60. The third-order valence-corrected chi connectivity index (χ3v) is 3.42. The maximum Gasteiger partial charge on any atom is 0.262 e. The molecule has 18 heavy (non-hydrogen) atoms. The van der Waals surface area contributed by atoms with Crippen LogP contribution in [-0.2, 0) is 11.3 Å². The zero-order valence-electron chi connectivity index (χ0n) is 8.68. The predicted molar refractivity (Wildman–Crippen MR) is 69.5 cm³/mol. The van der Waals surface area contributed by atoms with Crippen LogP contribution in [0, 0.1) is 4.77 Å². The molecule has 0 atom stereocenters. The average Bonchev–Trinajstić information content (AvgIpc) is 2.32. The molecule has 0 saturated carbocycles. The van der Waals surface area contributed by atoms with E-state index >= 15 is 0 Å². The number of halogens is 2. The fraction of sp³-hybridized carbons (Fsp3) is 0. The van der Waals surface area contributed by atoms with Crippen molar-refractivity contribution in [3.63, 3.8) is 0 Å². The Bertz CT molecular complexity index is 762. The molecule has 8 heteroatoms.